The molecule has 2 heteroatoms. The minimum Gasteiger partial charge on any atom is -0.465 e. The number of carbonyl (C=O) groups excluding carboxylic acids is 1. The standard InChI is InChI=1S/C13H14O2/c1-10(2)9-12(13(14)15-3)11-7-5-4-6-8-11/h4-8H,1-3H3. The van der Waals surface area contributed by atoms with Crippen molar-refractivity contribution in [2.75, 3.05) is 7.11 Å². The van der Waals surface area contributed by atoms with Gasteiger partial charge in [0.05, 0.1) is 7.11 Å². The van der Waals surface area contributed by atoms with Crippen molar-refractivity contribution >= 4 is 11.5 Å². The van der Waals surface area contributed by atoms with Gasteiger partial charge in [0.1, 0.15) is 5.57 Å². The summed E-state index contributed by atoms with van der Waals surface area (Å²) in [4.78, 5) is 11.5. The van der Waals surface area contributed by atoms with E-state index in [0.717, 1.165) is 11.1 Å². The highest BCUT2D eigenvalue weighted by molar-refractivity contribution is 6.16. The van der Waals surface area contributed by atoms with Crippen LogP contribution in [0.5, 0.6) is 0 Å². The third-order valence-corrected chi connectivity index (χ3v) is 1.83. The van der Waals surface area contributed by atoms with Crippen molar-refractivity contribution in [2.45, 2.75) is 13.8 Å². The molecule has 0 amide bonds. The van der Waals surface area contributed by atoms with Gasteiger partial charge >= 0.3 is 5.97 Å². The Labute approximate surface area is 89.9 Å². The molecule has 0 fully saturated rings. The second-order valence-electron chi connectivity index (χ2n) is 3.36. The molecule has 0 saturated heterocycles. The molecule has 0 saturated carbocycles. The van der Waals surface area contributed by atoms with E-state index >= 15 is 0 Å². The van der Waals surface area contributed by atoms with Crippen molar-refractivity contribution in [1.29, 1.82) is 0 Å². The highest BCUT2D eigenvalue weighted by Gasteiger charge is 2.10. The van der Waals surface area contributed by atoms with E-state index in [2.05, 4.69) is 5.73 Å². The molecule has 0 aromatic heterocycles. The number of methoxy groups -OCH3 is 1. The van der Waals surface area contributed by atoms with Gasteiger partial charge in [-0.05, 0) is 25.0 Å². The largest absolute Gasteiger partial charge is 0.465 e. The van der Waals surface area contributed by atoms with Crippen LogP contribution in [-0.4, -0.2) is 13.1 Å². The van der Waals surface area contributed by atoms with Gasteiger partial charge in [-0.1, -0.05) is 30.3 Å². The van der Waals surface area contributed by atoms with Gasteiger partial charge in [-0.25, -0.2) is 4.79 Å². The fraction of sp³-hybridized carbons (Fsp3) is 0.231. The summed E-state index contributed by atoms with van der Waals surface area (Å²) in [7, 11) is 1.37. The summed E-state index contributed by atoms with van der Waals surface area (Å²) >= 11 is 0. The molecule has 1 rings (SSSR count). The summed E-state index contributed by atoms with van der Waals surface area (Å²) in [6.07, 6.45) is 0. The zero-order chi connectivity index (χ0) is 11.3. The Kier molecular flexibility index (Phi) is 3.90. The highest BCUT2D eigenvalue weighted by atomic mass is 16.5. The maximum absolute atomic E-state index is 11.5. The van der Waals surface area contributed by atoms with Gasteiger partial charge < -0.3 is 4.74 Å². The van der Waals surface area contributed by atoms with E-state index in [1.54, 1.807) is 0 Å². The van der Waals surface area contributed by atoms with Crippen LogP contribution in [0, 0.1) is 0 Å². The average Bonchev–Trinajstić information content (AvgIpc) is 2.26. The maximum Gasteiger partial charge on any atom is 0.346 e. The van der Waals surface area contributed by atoms with Crippen molar-refractivity contribution in [3.05, 3.63) is 47.2 Å². The molecule has 15 heavy (non-hydrogen) atoms. The zero-order valence-corrected chi connectivity index (χ0v) is 9.20. The van der Waals surface area contributed by atoms with Crippen LogP contribution < -0.4 is 0 Å². The van der Waals surface area contributed by atoms with E-state index in [4.69, 9.17) is 4.74 Å². The minimum atomic E-state index is -0.359. The maximum atomic E-state index is 11.5. The molecule has 0 aliphatic carbocycles. The quantitative estimate of drug-likeness (QED) is 0.419. The molecule has 0 aliphatic rings. The Bertz CT molecular complexity index is 405. The monoisotopic (exact) mass is 202 g/mol. The van der Waals surface area contributed by atoms with Crippen LogP contribution >= 0.6 is 0 Å². The minimum absolute atomic E-state index is 0.359. The average molecular weight is 202 g/mol. The fourth-order valence-electron chi connectivity index (χ4n) is 1.20. The van der Waals surface area contributed by atoms with Crippen LogP contribution in [-0.2, 0) is 9.53 Å². The molecular weight excluding hydrogens is 188 g/mol. The van der Waals surface area contributed by atoms with Gasteiger partial charge in [-0.15, -0.1) is 5.73 Å². The van der Waals surface area contributed by atoms with E-state index in [1.165, 1.54) is 7.11 Å². The first-order chi connectivity index (χ1) is 7.15. The summed E-state index contributed by atoms with van der Waals surface area (Å²) < 4.78 is 4.72. The van der Waals surface area contributed by atoms with Crippen molar-refractivity contribution in [3.63, 3.8) is 0 Å². The summed E-state index contributed by atoms with van der Waals surface area (Å²) in [6, 6.07) is 9.39. The topological polar surface area (TPSA) is 26.3 Å². The first-order valence-electron chi connectivity index (χ1n) is 4.73. The van der Waals surface area contributed by atoms with Crippen LogP contribution in [0.1, 0.15) is 19.4 Å². The Morgan fingerprint density at radius 1 is 1.20 bits per heavy atom. The fourth-order valence-corrected chi connectivity index (χ4v) is 1.20. The molecule has 0 radical (unpaired) electrons. The molecule has 0 atom stereocenters. The predicted octanol–water partition coefficient (Wildman–Crippen LogP) is 2.81. The van der Waals surface area contributed by atoms with Crippen molar-refractivity contribution in [1.82, 2.24) is 0 Å². The predicted molar refractivity (Wildman–Crippen MR) is 60.2 cm³/mol. The van der Waals surface area contributed by atoms with Crippen molar-refractivity contribution < 1.29 is 9.53 Å². The number of carbonyl (C=O) groups is 1. The van der Waals surface area contributed by atoms with Crippen LogP contribution in [0.15, 0.2) is 41.6 Å². The first-order valence-corrected chi connectivity index (χ1v) is 4.73. The third-order valence-electron chi connectivity index (χ3n) is 1.83. The Hall–Kier alpha value is -1.79. The first kappa shape index (κ1) is 11.3. The van der Waals surface area contributed by atoms with Gasteiger partial charge in [0.15, 0.2) is 0 Å². The van der Waals surface area contributed by atoms with E-state index in [-0.39, 0.29) is 5.97 Å². The van der Waals surface area contributed by atoms with Gasteiger partial charge in [0.2, 0.25) is 0 Å². The number of esters is 1. The number of hydrogen-bond acceptors (Lipinski definition) is 2. The van der Waals surface area contributed by atoms with Crippen LogP contribution in [0.2, 0.25) is 0 Å². The SMILES string of the molecule is COC(=O)C(=C=C(C)C)c1ccccc1. The molecule has 0 heterocycles. The van der Waals surface area contributed by atoms with E-state index < -0.39 is 0 Å². The lowest BCUT2D eigenvalue weighted by atomic mass is 10.1. The zero-order valence-electron chi connectivity index (χ0n) is 9.20. The summed E-state index contributed by atoms with van der Waals surface area (Å²) in [5.41, 5.74) is 5.24. The van der Waals surface area contributed by atoms with Gasteiger partial charge in [0, 0.05) is 0 Å². The van der Waals surface area contributed by atoms with Crippen molar-refractivity contribution in [3.8, 4) is 0 Å². The lowest BCUT2D eigenvalue weighted by Crippen LogP contribution is -2.02. The van der Waals surface area contributed by atoms with Crippen LogP contribution in [0.4, 0.5) is 0 Å². The Morgan fingerprint density at radius 2 is 1.80 bits per heavy atom. The molecule has 1 aromatic rings. The molecule has 0 spiro atoms. The van der Waals surface area contributed by atoms with Gasteiger partial charge in [-0.3, -0.25) is 0 Å². The van der Waals surface area contributed by atoms with E-state index in [1.807, 2.05) is 44.2 Å². The molecule has 0 bridgehead atoms. The molecule has 78 valence electrons. The van der Waals surface area contributed by atoms with Gasteiger partial charge in [0.25, 0.3) is 0 Å². The third kappa shape index (κ3) is 3.12. The van der Waals surface area contributed by atoms with Gasteiger partial charge in [-0.2, -0.15) is 0 Å². The molecule has 0 unspecified atom stereocenters. The summed E-state index contributed by atoms with van der Waals surface area (Å²) in [5, 5.41) is 0. The number of benzene rings is 1. The van der Waals surface area contributed by atoms with Crippen LogP contribution in [0.25, 0.3) is 5.57 Å². The molecule has 0 N–H and O–H groups in total. The molecule has 1 aromatic carbocycles. The van der Waals surface area contributed by atoms with E-state index in [0.29, 0.717) is 5.57 Å². The number of hydrogen-bond donors (Lipinski definition) is 0. The van der Waals surface area contributed by atoms with E-state index in [9.17, 15) is 4.79 Å². The summed E-state index contributed by atoms with van der Waals surface area (Å²) in [5.74, 6) is -0.359. The highest BCUT2D eigenvalue weighted by Crippen LogP contribution is 2.14. The second-order valence-corrected chi connectivity index (χ2v) is 3.36. The lowest BCUT2D eigenvalue weighted by Gasteiger charge is -2.02. The lowest BCUT2D eigenvalue weighted by molar-refractivity contribution is -0.133. The summed E-state index contributed by atoms with van der Waals surface area (Å²) in [6.45, 7) is 3.79. The number of rotatable bonds is 2. The Morgan fingerprint density at radius 3 is 2.27 bits per heavy atom. The molecule has 0 aliphatic heterocycles. The number of ether oxygens (including phenoxy) is 1. The molecule has 2 nitrogen and oxygen atoms in total. The second kappa shape index (κ2) is 5.18. The Balaban J connectivity index is 3.27. The smallest absolute Gasteiger partial charge is 0.346 e. The van der Waals surface area contributed by atoms with Crippen molar-refractivity contribution in [2.24, 2.45) is 0 Å². The normalized spacial score (nSPS) is 9.00. The van der Waals surface area contributed by atoms with Crippen LogP contribution in [0.3, 0.4) is 0 Å². The molecular formula is C13H14O2.